The number of carbonyl (C=O) groups is 2. The molecule has 2 rings (SSSR count). The number of aliphatic carboxylic acids is 1. The predicted molar refractivity (Wildman–Crippen MR) is 83.0 cm³/mol. The lowest BCUT2D eigenvalue weighted by Crippen LogP contribution is -2.44. The maximum Gasteiger partial charge on any atom is 0.315 e. The van der Waals surface area contributed by atoms with Crippen LogP contribution in [0.3, 0.4) is 0 Å². The van der Waals surface area contributed by atoms with Gasteiger partial charge in [-0.15, -0.1) is 0 Å². The zero-order valence-corrected chi connectivity index (χ0v) is 13.4. The molecule has 1 aliphatic carbocycles. The highest BCUT2D eigenvalue weighted by molar-refractivity contribution is 9.10. The molecule has 0 bridgehead atoms. The zero-order chi connectivity index (χ0) is 15.4. The Labute approximate surface area is 132 Å². The molecule has 114 valence electrons. The highest BCUT2D eigenvalue weighted by atomic mass is 79.9. The monoisotopic (exact) mass is 354 g/mol. The van der Waals surface area contributed by atoms with E-state index in [1.807, 2.05) is 31.2 Å². The fraction of sp³-hybridized carbons (Fsp3) is 0.467. The van der Waals surface area contributed by atoms with E-state index < -0.39 is 5.97 Å². The minimum atomic E-state index is -0.881. The number of carboxylic acid groups (broad SMARTS) is 1. The molecule has 0 aromatic heterocycles. The molecule has 0 heterocycles. The second-order valence-electron chi connectivity index (χ2n) is 5.43. The Bertz CT molecular complexity index is 514. The van der Waals surface area contributed by atoms with Crippen LogP contribution >= 0.6 is 15.9 Å². The van der Waals surface area contributed by atoms with E-state index in [1.54, 1.807) is 0 Å². The molecule has 1 aromatic rings. The van der Waals surface area contributed by atoms with Crippen LogP contribution in [0.5, 0.6) is 0 Å². The lowest BCUT2D eigenvalue weighted by atomic mass is 10.1. The summed E-state index contributed by atoms with van der Waals surface area (Å²) in [6.07, 6.45) is 1.95. The third-order valence-corrected chi connectivity index (χ3v) is 4.15. The Morgan fingerprint density at radius 2 is 1.90 bits per heavy atom. The van der Waals surface area contributed by atoms with Gasteiger partial charge < -0.3 is 15.7 Å². The number of nitrogens with one attached hydrogen (secondary N) is 2. The molecule has 3 N–H and O–H groups in total. The van der Waals surface area contributed by atoms with Gasteiger partial charge in [-0.2, -0.15) is 0 Å². The number of benzene rings is 1. The summed E-state index contributed by atoms with van der Waals surface area (Å²) in [5.41, 5.74) is 0.995. The molecule has 1 aromatic carbocycles. The van der Waals surface area contributed by atoms with E-state index in [4.69, 9.17) is 5.11 Å². The van der Waals surface area contributed by atoms with Gasteiger partial charge in [0.15, 0.2) is 0 Å². The normalized spacial score (nSPS) is 16.9. The maximum atomic E-state index is 12.0. The number of hydrogen-bond donors (Lipinski definition) is 3. The molecule has 5 nitrogen and oxygen atoms in total. The van der Waals surface area contributed by atoms with Crippen LogP contribution in [0.4, 0.5) is 4.79 Å². The molecule has 0 aliphatic heterocycles. The quantitative estimate of drug-likeness (QED) is 0.734. The van der Waals surface area contributed by atoms with Gasteiger partial charge in [0, 0.05) is 10.5 Å². The summed E-state index contributed by atoms with van der Waals surface area (Å²) in [5.74, 6) is -0.581. The van der Waals surface area contributed by atoms with Crippen molar-refractivity contribution >= 4 is 27.9 Å². The summed E-state index contributed by atoms with van der Waals surface area (Å²) in [6, 6.07) is 6.98. The molecule has 2 amide bonds. The summed E-state index contributed by atoms with van der Waals surface area (Å²) in [5, 5.41) is 14.5. The Hall–Kier alpha value is -1.56. The smallest absolute Gasteiger partial charge is 0.315 e. The minimum Gasteiger partial charge on any atom is -0.481 e. The van der Waals surface area contributed by atoms with Crippen molar-refractivity contribution in [1.82, 2.24) is 10.6 Å². The van der Waals surface area contributed by atoms with Gasteiger partial charge >= 0.3 is 12.0 Å². The molecule has 0 saturated heterocycles. The van der Waals surface area contributed by atoms with Crippen LogP contribution in [0, 0.1) is 5.92 Å². The molecule has 6 heteroatoms. The van der Waals surface area contributed by atoms with Crippen molar-refractivity contribution < 1.29 is 14.7 Å². The SMILES string of the molecule is CC(NC(=O)NC(CC(=O)O)C1CC1)c1ccc(Br)cc1. The first kappa shape index (κ1) is 15.8. The predicted octanol–water partition coefficient (Wildman–Crippen LogP) is 3.06. The molecular weight excluding hydrogens is 336 g/mol. The number of urea groups is 1. The van der Waals surface area contributed by atoms with E-state index in [9.17, 15) is 9.59 Å². The average Bonchev–Trinajstić information content (AvgIpc) is 3.22. The lowest BCUT2D eigenvalue weighted by molar-refractivity contribution is -0.137. The van der Waals surface area contributed by atoms with Gasteiger partial charge in [-0.1, -0.05) is 28.1 Å². The van der Waals surface area contributed by atoms with Gasteiger partial charge in [0.25, 0.3) is 0 Å². The van der Waals surface area contributed by atoms with Gasteiger partial charge in [0.2, 0.25) is 0 Å². The summed E-state index contributed by atoms with van der Waals surface area (Å²) < 4.78 is 0.984. The first-order valence-corrected chi connectivity index (χ1v) is 7.79. The lowest BCUT2D eigenvalue weighted by Gasteiger charge is -2.20. The van der Waals surface area contributed by atoms with E-state index in [0.29, 0.717) is 5.92 Å². The zero-order valence-electron chi connectivity index (χ0n) is 11.8. The molecule has 1 fully saturated rings. The summed E-state index contributed by atoms with van der Waals surface area (Å²) in [4.78, 5) is 22.8. The minimum absolute atomic E-state index is 0.0231. The number of carbonyl (C=O) groups excluding carboxylic acids is 1. The van der Waals surface area contributed by atoms with Crippen molar-refractivity contribution in [1.29, 1.82) is 0 Å². The number of hydrogen-bond acceptors (Lipinski definition) is 2. The highest BCUT2D eigenvalue weighted by Crippen LogP contribution is 2.34. The second-order valence-corrected chi connectivity index (χ2v) is 6.35. The second kappa shape index (κ2) is 6.93. The molecule has 2 atom stereocenters. The summed E-state index contributed by atoms with van der Waals surface area (Å²) in [6.45, 7) is 1.89. The fourth-order valence-electron chi connectivity index (χ4n) is 2.26. The van der Waals surface area contributed by atoms with Crippen LogP contribution in [-0.4, -0.2) is 23.1 Å². The third kappa shape index (κ3) is 5.04. The molecule has 1 saturated carbocycles. The van der Waals surface area contributed by atoms with E-state index in [2.05, 4.69) is 26.6 Å². The van der Waals surface area contributed by atoms with E-state index >= 15 is 0 Å². The third-order valence-electron chi connectivity index (χ3n) is 3.62. The molecule has 0 spiro atoms. The number of amides is 2. The number of halogens is 1. The summed E-state index contributed by atoms with van der Waals surface area (Å²) in [7, 11) is 0. The largest absolute Gasteiger partial charge is 0.481 e. The topological polar surface area (TPSA) is 78.4 Å². The average molecular weight is 355 g/mol. The van der Waals surface area contributed by atoms with Crippen molar-refractivity contribution in [3.05, 3.63) is 34.3 Å². The van der Waals surface area contributed by atoms with Crippen LogP contribution < -0.4 is 10.6 Å². The van der Waals surface area contributed by atoms with Crippen LogP contribution in [0.15, 0.2) is 28.7 Å². The van der Waals surface area contributed by atoms with Gasteiger partial charge in [-0.05, 0) is 43.4 Å². The van der Waals surface area contributed by atoms with Gasteiger partial charge in [0.05, 0.1) is 12.5 Å². The van der Waals surface area contributed by atoms with Crippen molar-refractivity contribution in [3.63, 3.8) is 0 Å². The van der Waals surface area contributed by atoms with E-state index in [0.717, 1.165) is 22.9 Å². The van der Waals surface area contributed by atoms with E-state index in [1.165, 1.54) is 0 Å². The molecular formula is C15H19BrN2O3. The van der Waals surface area contributed by atoms with Crippen molar-refractivity contribution in [3.8, 4) is 0 Å². The standard InChI is InChI=1S/C15H19BrN2O3/c1-9(10-4-6-12(16)7-5-10)17-15(21)18-13(8-14(19)20)11-2-3-11/h4-7,9,11,13H,2-3,8H2,1H3,(H,19,20)(H2,17,18,21). The van der Waals surface area contributed by atoms with E-state index in [-0.39, 0.29) is 24.5 Å². The first-order valence-electron chi connectivity index (χ1n) is 7.00. The molecule has 2 unspecified atom stereocenters. The summed E-state index contributed by atoms with van der Waals surface area (Å²) >= 11 is 3.37. The van der Waals surface area contributed by atoms with Crippen molar-refractivity contribution in [2.45, 2.75) is 38.3 Å². The van der Waals surface area contributed by atoms with Gasteiger partial charge in [-0.25, -0.2) is 4.79 Å². The Morgan fingerprint density at radius 1 is 1.29 bits per heavy atom. The fourth-order valence-corrected chi connectivity index (χ4v) is 2.53. The Kier molecular flexibility index (Phi) is 5.22. The maximum absolute atomic E-state index is 12.0. The van der Waals surface area contributed by atoms with Crippen molar-refractivity contribution in [2.24, 2.45) is 5.92 Å². The van der Waals surface area contributed by atoms with Crippen LogP contribution in [0.2, 0.25) is 0 Å². The van der Waals surface area contributed by atoms with Crippen LogP contribution in [-0.2, 0) is 4.79 Å². The molecule has 21 heavy (non-hydrogen) atoms. The van der Waals surface area contributed by atoms with Gasteiger partial charge in [0.1, 0.15) is 0 Å². The van der Waals surface area contributed by atoms with Gasteiger partial charge in [-0.3, -0.25) is 4.79 Å². The first-order chi connectivity index (χ1) is 9.95. The van der Waals surface area contributed by atoms with Crippen LogP contribution in [0.25, 0.3) is 0 Å². The molecule has 1 aliphatic rings. The molecule has 0 radical (unpaired) electrons. The van der Waals surface area contributed by atoms with Crippen LogP contribution in [0.1, 0.15) is 37.8 Å². The Balaban J connectivity index is 1.87. The number of carboxylic acids is 1. The van der Waals surface area contributed by atoms with Crippen molar-refractivity contribution in [2.75, 3.05) is 0 Å². The highest BCUT2D eigenvalue weighted by Gasteiger charge is 2.33. The Morgan fingerprint density at radius 3 is 2.43 bits per heavy atom. The number of rotatable bonds is 6.